The summed E-state index contributed by atoms with van der Waals surface area (Å²) in [4.78, 5) is 25.3. The molecular formula is C26H42O5. The van der Waals surface area contributed by atoms with E-state index in [1.54, 1.807) is 0 Å². The Morgan fingerprint density at radius 2 is 1.90 bits per heavy atom. The minimum atomic E-state index is -0.411. The minimum Gasteiger partial charge on any atom is -0.466 e. The molecule has 5 heteroatoms. The lowest BCUT2D eigenvalue weighted by Gasteiger charge is -2.61. The molecule has 31 heavy (non-hydrogen) atoms. The highest BCUT2D eigenvalue weighted by atomic mass is 16.5. The van der Waals surface area contributed by atoms with E-state index >= 15 is 0 Å². The molecule has 5 nitrogen and oxygen atoms in total. The first-order valence-electron chi connectivity index (χ1n) is 12.7. The molecule has 4 saturated carbocycles. The number of hydrogen-bond donors (Lipinski definition) is 2. The third-order valence-electron chi connectivity index (χ3n) is 10.4. The molecule has 0 aromatic carbocycles. The smallest absolute Gasteiger partial charge is 0.305 e. The zero-order chi connectivity index (χ0) is 22.6. The maximum Gasteiger partial charge on any atom is 0.305 e. The predicted octanol–water partition coefficient (Wildman–Crippen LogP) is 4.14. The van der Waals surface area contributed by atoms with Crippen molar-refractivity contribution in [3.05, 3.63) is 0 Å². The van der Waals surface area contributed by atoms with Gasteiger partial charge in [0.1, 0.15) is 5.78 Å². The quantitative estimate of drug-likeness (QED) is 0.636. The van der Waals surface area contributed by atoms with Gasteiger partial charge in [-0.25, -0.2) is 0 Å². The highest BCUT2D eigenvalue weighted by Crippen LogP contribution is 2.67. The van der Waals surface area contributed by atoms with Gasteiger partial charge < -0.3 is 14.9 Å². The first-order chi connectivity index (χ1) is 14.6. The van der Waals surface area contributed by atoms with Crippen LogP contribution in [0.3, 0.4) is 0 Å². The summed E-state index contributed by atoms with van der Waals surface area (Å²) in [5.74, 6) is 1.64. The zero-order valence-electron chi connectivity index (χ0n) is 19.8. The molecule has 0 radical (unpaired) electrons. The van der Waals surface area contributed by atoms with Crippen LogP contribution in [0.1, 0.15) is 85.5 Å². The fraction of sp³-hybridized carbons (Fsp3) is 0.923. The molecule has 2 N–H and O–H groups in total. The van der Waals surface area contributed by atoms with E-state index < -0.39 is 6.10 Å². The van der Waals surface area contributed by atoms with Crippen LogP contribution in [-0.2, 0) is 14.3 Å². The molecular weight excluding hydrogens is 392 g/mol. The van der Waals surface area contributed by atoms with Gasteiger partial charge in [-0.2, -0.15) is 0 Å². The monoisotopic (exact) mass is 434 g/mol. The first-order valence-corrected chi connectivity index (χ1v) is 12.7. The van der Waals surface area contributed by atoms with E-state index in [1.807, 2.05) is 6.92 Å². The standard InChI is InChI=1S/C26H42O5/c1-5-31-23(30)9-6-15(2)18-7-8-19-24-20(14-22(29)26(18,19)4)25(3)11-10-17(27)12-16(25)13-21(24)28/h15-20,22,24,27,29H,5-14H2,1-4H3/t15-,16-,17+,18+,19+,20+,22-,24+,25-,26+/m0/s1. The normalized spacial score (nSPS) is 47.8. The van der Waals surface area contributed by atoms with E-state index in [9.17, 15) is 19.8 Å². The van der Waals surface area contributed by atoms with E-state index in [4.69, 9.17) is 4.74 Å². The van der Waals surface area contributed by atoms with Crippen molar-refractivity contribution in [1.29, 1.82) is 0 Å². The van der Waals surface area contributed by atoms with Gasteiger partial charge in [0.15, 0.2) is 0 Å². The summed E-state index contributed by atoms with van der Waals surface area (Å²) in [6, 6.07) is 0. The molecule has 0 saturated heterocycles. The number of hydrogen-bond acceptors (Lipinski definition) is 5. The van der Waals surface area contributed by atoms with Gasteiger partial charge in [0.25, 0.3) is 0 Å². The van der Waals surface area contributed by atoms with Crippen LogP contribution in [0, 0.1) is 46.3 Å². The summed E-state index contributed by atoms with van der Waals surface area (Å²) < 4.78 is 5.11. The topological polar surface area (TPSA) is 83.8 Å². The van der Waals surface area contributed by atoms with Crippen molar-refractivity contribution in [2.45, 2.75) is 97.7 Å². The second kappa shape index (κ2) is 8.44. The Bertz CT molecular complexity index is 706. The number of fused-ring (bicyclic) bond motifs is 5. The number of aliphatic hydroxyl groups excluding tert-OH is 2. The maximum atomic E-state index is 13.5. The largest absolute Gasteiger partial charge is 0.466 e. The SMILES string of the molecule is CCOC(=O)CC[C@H](C)[C@H]1CC[C@@H]2[C@H]3C(=O)C[C@@H]4C[C@H](O)CC[C@]4(C)[C@@H]3C[C@H](O)[C@@]21C. The van der Waals surface area contributed by atoms with Gasteiger partial charge in [-0.3, -0.25) is 9.59 Å². The fourth-order valence-electron chi connectivity index (χ4n) is 8.62. The van der Waals surface area contributed by atoms with Gasteiger partial charge in [-0.1, -0.05) is 20.8 Å². The van der Waals surface area contributed by atoms with E-state index in [-0.39, 0.29) is 46.6 Å². The molecule has 4 rings (SSSR count). The number of Topliss-reactive ketones (excluding diaryl/α,β-unsaturated/α-hetero) is 1. The van der Waals surface area contributed by atoms with Crippen molar-refractivity contribution < 1.29 is 24.5 Å². The lowest BCUT2D eigenvalue weighted by atomic mass is 9.43. The fourth-order valence-corrected chi connectivity index (χ4v) is 8.62. The molecule has 176 valence electrons. The van der Waals surface area contributed by atoms with Crippen molar-refractivity contribution in [3.63, 3.8) is 0 Å². The van der Waals surface area contributed by atoms with Crippen LogP contribution >= 0.6 is 0 Å². The number of rotatable bonds is 5. The maximum absolute atomic E-state index is 13.5. The molecule has 0 aromatic rings. The Morgan fingerprint density at radius 1 is 1.16 bits per heavy atom. The molecule has 10 atom stereocenters. The highest BCUT2D eigenvalue weighted by molar-refractivity contribution is 5.83. The van der Waals surface area contributed by atoms with Gasteiger partial charge >= 0.3 is 5.97 Å². The summed E-state index contributed by atoms with van der Waals surface area (Å²) in [7, 11) is 0. The zero-order valence-corrected chi connectivity index (χ0v) is 19.8. The predicted molar refractivity (Wildman–Crippen MR) is 118 cm³/mol. The summed E-state index contributed by atoms with van der Waals surface area (Å²) in [5, 5.41) is 21.8. The summed E-state index contributed by atoms with van der Waals surface area (Å²) in [6.45, 7) is 9.01. The van der Waals surface area contributed by atoms with Gasteiger partial charge in [0.2, 0.25) is 0 Å². The average Bonchev–Trinajstić information content (AvgIpc) is 3.07. The molecule has 0 spiro atoms. The summed E-state index contributed by atoms with van der Waals surface area (Å²) >= 11 is 0. The second-order valence-corrected chi connectivity index (χ2v) is 11.7. The first kappa shape index (κ1) is 23.2. The van der Waals surface area contributed by atoms with Crippen molar-refractivity contribution in [2.75, 3.05) is 6.61 Å². The van der Waals surface area contributed by atoms with Crippen molar-refractivity contribution in [3.8, 4) is 0 Å². The molecule has 0 aromatic heterocycles. The Balaban J connectivity index is 1.55. The molecule has 0 heterocycles. The Kier molecular flexibility index (Phi) is 6.33. The lowest BCUT2D eigenvalue weighted by Crippen LogP contribution is -2.61. The van der Waals surface area contributed by atoms with Gasteiger partial charge in [0, 0.05) is 24.2 Å². The number of carbonyl (C=O) groups excluding carboxylic acids is 2. The second-order valence-electron chi connectivity index (χ2n) is 11.7. The number of ether oxygens (including phenoxy) is 1. The van der Waals surface area contributed by atoms with Crippen LogP contribution < -0.4 is 0 Å². The number of ketones is 1. The molecule has 0 unspecified atom stereocenters. The molecule has 0 bridgehead atoms. The lowest BCUT2D eigenvalue weighted by molar-refractivity contribution is -0.182. The molecule has 4 fully saturated rings. The van der Waals surface area contributed by atoms with Crippen molar-refractivity contribution in [1.82, 2.24) is 0 Å². The molecule has 4 aliphatic carbocycles. The number of carbonyl (C=O) groups is 2. The van der Waals surface area contributed by atoms with Crippen LogP contribution in [0.25, 0.3) is 0 Å². The molecule has 4 aliphatic rings. The Labute approximate surface area is 187 Å². The van der Waals surface area contributed by atoms with E-state index in [0.29, 0.717) is 43.5 Å². The van der Waals surface area contributed by atoms with Gasteiger partial charge in [0.05, 0.1) is 18.8 Å². The van der Waals surface area contributed by atoms with Crippen molar-refractivity contribution >= 4 is 11.8 Å². The molecule has 0 aliphatic heterocycles. The van der Waals surface area contributed by atoms with Gasteiger partial charge in [-0.05, 0) is 86.9 Å². The Hall–Kier alpha value is -0.940. The number of esters is 1. The highest BCUT2D eigenvalue weighted by Gasteiger charge is 2.65. The van der Waals surface area contributed by atoms with Crippen LogP contribution in [0.4, 0.5) is 0 Å². The summed E-state index contributed by atoms with van der Waals surface area (Å²) in [6.07, 6.45) is 6.34. The molecule has 0 amide bonds. The van der Waals surface area contributed by atoms with Crippen LogP contribution in [0.5, 0.6) is 0 Å². The summed E-state index contributed by atoms with van der Waals surface area (Å²) in [5.41, 5.74) is -0.212. The average molecular weight is 435 g/mol. The number of aliphatic hydroxyl groups is 2. The van der Waals surface area contributed by atoms with E-state index in [0.717, 1.165) is 38.5 Å². The van der Waals surface area contributed by atoms with Crippen molar-refractivity contribution in [2.24, 2.45) is 46.3 Å². The van der Waals surface area contributed by atoms with Crippen LogP contribution in [0.2, 0.25) is 0 Å². The van der Waals surface area contributed by atoms with E-state index in [2.05, 4.69) is 20.8 Å². The van der Waals surface area contributed by atoms with E-state index in [1.165, 1.54) is 0 Å². The minimum absolute atomic E-state index is 0.0483. The van der Waals surface area contributed by atoms with Gasteiger partial charge in [-0.15, -0.1) is 0 Å². The van der Waals surface area contributed by atoms with Crippen LogP contribution in [-0.4, -0.2) is 40.8 Å². The van der Waals surface area contributed by atoms with Crippen LogP contribution in [0.15, 0.2) is 0 Å². The third-order valence-corrected chi connectivity index (χ3v) is 10.4. The Morgan fingerprint density at radius 3 is 2.61 bits per heavy atom. The third kappa shape index (κ3) is 3.68.